The lowest BCUT2D eigenvalue weighted by molar-refractivity contribution is 0.0697. The van der Waals surface area contributed by atoms with Gasteiger partial charge in [0, 0.05) is 11.1 Å². The van der Waals surface area contributed by atoms with Crippen LogP contribution < -0.4 is 0 Å². The number of benzene rings is 1. The smallest absolute Gasteiger partial charge is 0.335 e. The Bertz CT molecular complexity index is 524. The van der Waals surface area contributed by atoms with Crippen LogP contribution >= 0.6 is 0 Å². The van der Waals surface area contributed by atoms with Crippen molar-refractivity contribution in [1.82, 2.24) is 0 Å². The quantitative estimate of drug-likeness (QED) is 0.809. The van der Waals surface area contributed by atoms with Gasteiger partial charge in [-0.3, -0.25) is 4.79 Å². The van der Waals surface area contributed by atoms with E-state index in [-0.39, 0.29) is 11.3 Å². The second-order valence-corrected chi connectivity index (χ2v) is 3.85. The Morgan fingerprint density at radius 3 is 2.53 bits per heavy atom. The predicted molar refractivity (Wildman–Crippen MR) is 64.2 cm³/mol. The molecular formula is C14H12O3. The van der Waals surface area contributed by atoms with Gasteiger partial charge in [0.05, 0.1) is 5.56 Å². The molecule has 3 heteroatoms. The molecule has 0 bridgehead atoms. The summed E-state index contributed by atoms with van der Waals surface area (Å²) in [4.78, 5) is 22.9. The van der Waals surface area contributed by atoms with E-state index >= 15 is 0 Å². The van der Waals surface area contributed by atoms with Crippen molar-refractivity contribution in [2.75, 3.05) is 0 Å². The minimum absolute atomic E-state index is 0.121. The molecule has 86 valence electrons. The fourth-order valence-electron chi connectivity index (χ4n) is 1.74. The number of hydrogen-bond donors (Lipinski definition) is 1. The molecule has 0 aromatic heterocycles. The van der Waals surface area contributed by atoms with Crippen LogP contribution in [0.25, 0.3) is 0 Å². The Hall–Kier alpha value is -2.16. The zero-order valence-corrected chi connectivity index (χ0v) is 9.22. The summed E-state index contributed by atoms with van der Waals surface area (Å²) in [6.45, 7) is 0. The van der Waals surface area contributed by atoms with Gasteiger partial charge in [-0.2, -0.15) is 0 Å². The second kappa shape index (κ2) is 4.78. The molecule has 0 atom stereocenters. The van der Waals surface area contributed by atoms with Crippen LogP contribution in [0.4, 0.5) is 0 Å². The zero-order valence-electron chi connectivity index (χ0n) is 9.22. The van der Waals surface area contributed by atoms with E-state index in [1.165, 1.54) is 12.1 Å². The van der Waals surface area contributed by atoms with E-state index in [0.717, 1.165) is 12.8 Å². The molecule has 17 heavy (non-hydrogen) atoms. The molecule has 1 N–H and O–H groups in total. The summed E-state index contributed by atoms with van der Waals surface area (Å²) >= 11 is 0. The molecule has 0 fully saturated rings. The molecule has 1 aromatic rings. The fraction of sp³-hybridized carbons (Fsp3) is 0.143. The van der Waals surface area contributed by atoms with Crippen LogP contribution in [0.5, 0.6) is 0 Å². The lowest BCUT2D eigenvalue weighted by Gasteiger charge is -2.06. The van der Waals surface area contributed by atoms with Gasteiger partial charge < -0.3 is 5.11 Å². The largest absolute Gasteiger partial charge is 0.478 e. The number of carboxylic acids is 1. The molecule has 0 saturated heterocycles. The standard InChI is InChI=1S/C14H12O3/c15-13(10-5-2-1-3-6-10)11-7-4-8-12(9-11)14(16)17/h2,4-9H,1,3H2,(H,16,17). The normalized spacial score (nSPS) is 14.2. The number of aromatic carboxylic acids is 1. The summed E-state index contributed by atoms with van der Waals surface area (Å²) < 4.78 is 0. The number of allylic oxidation sites excluding steroid dienone is 4. The molecule has 0 heterocycles. The average Bonchev–Trinajstić information content (AvgIpc) is 2.39. The van der Waals surface area contributed by atoms with Crippen LogP contribution in [-0.2, 0) is 0 Å². The molecule has 0 saturated carbocycles. The van der Waals surface area contributed by atoms with E-state index in [1.807, 2.05) is 12.2 Å². The van der Waals surface area contributed by atoms with Crippen LogP contribution in [-0.4, -0.2) is 16.9 Å². The highest BCUT2D eigenvalue weighted by Gasteiger charge is 2.13. The topological polar surface area (TPSA) is 54.4 Å². The van der Waals surface area contributed by atoms with Crippen molar-refractivity contribution in [3.8, 4) is 0 Å². The molecule has 3 nitrogen and oxygen atoms in total. The Morgan fingerprint density at radius 1 is 1.12 bits per heavy atom. The molecule has 1 aliphatic rings. The van der Waals surface area contributed by atoms with Gasteiger partial charge in [0.15, 0.2) is 5.78 Å². The van der Waals surface area contributed by atoms with Crippen molar-refractivity contribution in [1.29, 1.82) is 0 Å². The van der Waals surface area contributed by atoms with Gasteiger partial charge in [0.25, 0.3) is 0 Å². The second-order valence-electron chi connectivity index (χ2n) is 3.85. The Kier molecular flexibility index (Phi) is 3.19. The lowest BCUT2D eigenvalue weighted by Crippen LogP contribution is -2.05. The highest BCUT2D eigenvalue weighted by molar-refractivity contribution is 6.11. The van der Waals surface area contributed by atoms with E-state index in [9.17, 15) is 9.59 Å². The fourth-order valence-corrected chi connectivity index (χ4v) is 1.74. The number of Topliss-reactive ketones (excluding diaryl/α,β-unsaturated/α-hetero) is 1. The highest BCUT2D eigenvalue weighted by atomic mass is 16.4. The Labute approximate surface area is 99.1 Å². The molecule has 0 radical (unpaired) electrons. The van der Waals surface area contributed by atoms with Crippen molar-refractivity contribution >= 4 is 11.8 Å². The monoisotopic (exact) mass is 228 g/mol. The summed E-state index contributed by atoms with van der Waals surface area (Å²) in [5.74, 6) is -1.14. The molecule has 0 unspecified atom stereocenters. The number of carboxylic acid groups (broad SMARTS) is 1. The lowest BCUT2D eigenvalue weighted by atomic mass is 9.97. The van der Waals surface area contributed by atoms with Crippen molar-refractivity contribution in [3.63, 3.8) is 0 Å². The van der Waals surface area contributed by atoms with Crippen molar-refractivity contribution in [2.24, 2.45) is 0 Å². The summed E-state index contributed by atoms with van der Waals surface area (Å²) in [7, 11) is 0. The average molecular weight is 228 g/mol. The third kappa shape index (κ3) is 2.50. The van der Waals surface area contributed by atoms with E-state index in [0.29, 0.717) is 11.1 Å². The summed E-state index contributed by atoms with van der Waals surface area (Å²) in [6, 6.07) is 6.11. The van der Waals surface area contributed by atoms with Gasteiger partial charge in [0.1, 0.15) is 0 Å². The Morgan fingerprint density at radius 2 is 1.88 bits per heavy atom. The first-order valence-corrected chi connectivity index (χ1v) is 5.43. The third-order valence-electron chi connectivity index (χ3n) is 2.63. The van der Waals surface area contributed by atoms with Crippen LogP contribution in [0.15, 0.2) is 48.1 Å². The van der Waals surface area contributed by atoms with E-state index < -0.39 is 5.97 Å². The Balaban J connectivity index is 2.31. The van der Waals surface area contributed by atoms with Crippen LogP contribution in [0.3, 0.4) is 0 Å². The molecule has 0 aliphatic heterocycles. The van der Waals surface area contributed by atoms with Gasteiger partial charge in [-0.15, -0.1) is 0 Å². The molecular weight excluding hydrogens is 216 g/mol. The maximum absolute atomic E-state index is 12.1. The molecule has 1 aromatic carbocycles. The van der Waals surface area contributed by atoms with Gasteiger partial charge >= 0.3 is 5.97 Å². The number of hydrogen-bond acceptors (Lipinski definition) is 2. The van der Waals surface area contributed by atoms with Crippen molar-refractivity contribution < 1.29 is 14.7 Å². The number of carbonyl (C=O) groups excluding carboxylic acids is 1. The molecule has 0 spiro atoms. The van der Waals surface area contributed by atoms with Gasteiger partial charge in [-0.1, -0.05) is 30.4 Å². The first-order chi connectivity index (χ1) is 8.18. The van der Waals surface area contributed by atoms with Crippen LogP contribution in [0, 0.1) is 0 Å². The van der Waals surface area contributed by atoms with Gasteiger partial charge in [-0.25, -0.2) is 4.79 Å². The predicted octanol–water partition coefficient (Wildman–Crippen LogP) is 2.84. The summed E-state index contributed by atoms with van der Waals surface area (Å²) in [5.41, 5.74) is 1.19. The molecule has 0 amide bonds. The minimum atomic E-state index is -1.02. The maximum Gasteiger partial charge on any atom is 0.335 e. The highest BCUT2D eigenvalue weighted by Crippen LogP contribution is 2.16. The minimum Gasteiger partial charge on any atom is -0.478 e. The summed E-state index contributed by atoms with van der Waals surface area (Å²) in [6.07, 6.45) is 7.44. The van der Waals surface area contributed by atoms with Gasteiger partial charge in [0.2, 0.25) is 0 Å². The first-order valence-electron chi connectivity index (χ1n) is 5.43. The van der Waals surface area contributed by atoms with Crippen LogP contribution in [0.1, 0.15) is 33.6 Å². The van der Waals surface area contributed by atoms with Gasteiger partial charge in [-0.05, 0) is 25.0 Å². The SMILES string of the molecule is O=C(O)c1cccc(C(=O)C2=CCCC=C2)c1. The van der Waals surface area contributed by atoms with E-state index in [4.69, 9.17) is 5.11 Å². The molecule has 1 aliphatic carbocycles. The van der Waals surface area contributed by atoms with E-state index in [1.54, 1.807) is 18.2 Å². The van der Waals surface area contributed by atoms with Crippen molar-refractivity contribution in [2.45, 2.75) is 12.8 Å². The number of carbonyl (C=O) groups is 2. The molecule has 2 rings (SSSR count). The van der Waals surface area contributed by atoms with Crippen LogP contribution in [0.2, 0.25) is 0 Å². The summed E-state index contributed by atoms with van der Waals surface area (Å²) in [5, 5.41) is 8.86. The van der Waals surface area contributed by atoms with E-state index in [2.05, 4.69) is 0 Å². The third-order valence-corrected chi connectivity index (χ3v) is 2.63. The number of ketones is 1. The maximum atomic E-state index is 12.1. The number of rotatable bonds is 3. The zero-order chi connectivity index (χ0) is 12.3. The van der Waals surface area contributed by atoms with Crippen molar-refractivity contribution in [3.05, 3.63) is 59.2 Å². The first kappa shape index (κ1) is 11.3.